The summed E-state index contributed by atoms with van der Waals surface area (Å²) in [6.45, 7) is 4.57. The van der Waals surface area contributed by atoms with Gasteiger partial charge in [-0.1, -0.05) is 11.3 Å². The highest BCUT2D eigenvalue weighted by Gasteiger charge is 2.13. The fourth-order valence-corrected chi connectivity index (χ4v) is 2.04. The van der Waals surface area contributed by atoms with Gasteiger partial charge < -0.3 is 20.3 Å². The van der Waals surface area contributed by atoms with Crippen LogP contribution in [-0.4, -0.2) is 43.6 Å². The molecule has 0 spiro atoms. The van der Waals surface area contributed by atoms with Gasteiger partial charge >= 0.3 is 0 Å². The Hall–Kier alpha value is -2.23. The van der Waals surface area contributed by atoms with Crippen molar-refractivity contribution in [1.82, 2.24) is 25.0 Å². The minimum atomic E-state index is -0.250. The number of aromatic nitrogens is 5. The van der Waals surface area contributed by atoms with E-state index >= 15 is 0 Å². The minimum absolute atomic E-state index is 0.250. The fraction of sp³-hybridized carbons (Fsp3) is 0.500. The zero-order chi connectivity index (χ0) is 15.1. The quantitative estimate of drug-likeness (QED) is 0.788. The number of anilines is 2. The number of carbonyl (C=O) groups is 1. The van der Waals surface area contributed by atoms with Gasteiger partial charge in [0.1, 0.15) is 6.33 Å². The molecule has 0 aliphatic heterocycles. The summed E-state index contributed by atoms with van der Waals surface area (Å²) in [5.41, 5.74) is 5.55. The molecule has 0 fully saturated rings. The monoisotopic (exact) mass is 299 g/mol. The lowest BCUT2D eigenvalue weighted by atomic mass is 10.4. The lowest BCUT2D eigenvalue weighted by Crippen LogP contribution is -2.20. The maximum absolute atomic E-state index is 8.36. The lowest BCUT2D eigenvalue weighted by Gasteiger charge is -2.16. The van der Waals surface area contributed by atoms with Crippen molar-refractivity contribution >= 4 is 28.1 Å². The molecule has 0 bridgehead atoms. The third kappa shape index (κ3) is 4.16. The predicted molar refractivity (Wildman–Crippen MR) is 75.5 cm³/mol. The second-order valence-electron chi connectivity index (χ2n) is 4.13. The van der Waals surface area contributed by atoms with Gasteiger partial charge in [0.25, 0.3) is 6.47 Å². The first-order valence-electron chi connectivity index (χ1n) is 5.76. The molecule has 0 atom stereocenters. The maximum Gasteiger partial charge on any atom is 0.290 e. The molecule has 0 amide bonds. The van der Waals surface area contributed by atoms with Gasteiger partial charge in [-0.25, -0.2) is 0 Å². The normalized spacial score (nSPS) is 10.0. The molecule has 0 saturated carbocycles. The van der Waals surface area contributed by atoms with E-state index < -0.39 is 0 Å². The molecule has 2 rings (SSSR count). The molecular formula is C10H17N7O2S. The third-order valence-corrected chi connectivity index (χ3v) is 3.21. The average Bonchev–Trinajstić information content (AvgIpc) is 2.99. The SMILES string of the molecule is CC(C)n1cnnc1CN(C)c1nnc(N)s1.O=CO. The van der Waals surface area contributed by atoms with Crippen LogP contribution < -0.4 is 10.6 Å². The van der Waals surface area contributed by atoms with Gasteiger partial charge in [0, 0.05) is 13.1 Å². The van der Waals surface area contributed by atoms with Crippen LogP contribution in [0.15, 0.2) is 6.33 Å². The van der Waals surface area contributed by atoms with E-state index in [0.29, 0.717) is 17.7 Å². The van der Waals surface area contributed by atoms with E-state index in [2.05, 4.69) is 34.2 Å². The molecule has 2 heterocycles. The van der Waals surface area contributed by atoms with Crippen LogP contribution in [0.3, 0.4) is 0 Å². The lowest BCUT2D eigenvalue weighted by molar-refractivity contribution is -0.122. The highest BCUT2D eigenvalue weighted by atomic mass is 32.1. The van der Waals surface area contributed by atoms with Crippen molar-refractivity contribution in [1.29, 1.82) is 0 Å². The first-order chi connectivity index (χ1) is 9.49. The Kier molecular flexibility index (Phi) is 5.84. The summed E-state index contributed by atoms with van der Waals surface area (Å²) in [7, 11) is 1.93. The van der Waals surface area contributed by atoms with E-state index in [-0.39, 0.29) is 6.47 Å². The summed E-state index contributed by atoms with van der Waals surface area (Å²) in [6, 6.07) is 0.341. The van der Waals surface area contributed by atoms with Crippen molar-refractivity contribution in [2.75, 3.05) is 17.7 Å². The topological polar surface area (TPSA) is 123 Å². The Morgan fingerprint density at radius 2 is 2.15 bits per heavy atom. The second kappa shape index (κ2) is 7.38. The molecule has 20 heavy (non-hydrogen) atoms. The van der Waals surface area contributed by atoms with Crippen LogP contribution in [0.2, 0.25) is 0 Å². The molecule has 0 aliphatic rings. The van der Waals surface area contributed by atoms with Crippen LogP contribution in [0.25, 0.3) is 0 Å². The number of hydrogen-bond acceptors (Lipinski definition) is 8. The van der Waals surface area contributed by atoms with Gasteiger partial charge in [-0.2, -0.15) is 0 Å². The smallest absolute Gasteiger partial charge is 0.290 e. The Morgan fingerprint density at radius 1 is 1.50 bits per heavy atom. The Morgan fingerprint density at radius 3 is 2.65 bits per heavy atom. The Bertz CT molecular complexity index is 539. The van der Waals surface area contributed by atoms with E-state index in [4.69, 9.17) is 15.6 Å². The maximum atomic E-state index is 8.36. The van der Waals surface area contributed by atoms with Gasteiger partial charge in [-0.05, 0) is 13.8 Å². The highest BCUT2D eigenvalue weighted by Crippen LogP contribution is 2.21. The van der Waals surface area contributed by atoms with E-state index in [9.17, 15) is 0 Å². The van der Waals surface area contributed by atoms with Crippen LogP contribution in [-0.2, 0) is 11.3 Å². The first kappa shape index (κ1) is 15.8. The van der Waals surface area contributed by atoms with E-state index in [1.807, 2.05) is 16.5 Å². The van der Waals surface area contributed by atoms with Crippen molar-refractivity contribution in [3.8, 4) is 0 Å². The van der Waals surface area contributed by atoms with Gasteiger partial charge in [-0.3, -0.25) is 4.79 Å². The molecule has 0 radical (unpaired) electrons. The van der Waals surface area contributed by atoms with E-state index in [1.165, 1.54) is 11.3 Å². The van der Waals surface area contributed by atoms with Gasteiger partial charge in [0.15, 0.2) is 5.82 Å². The van der Waals surface area contributed by atoms with E-state index in [1.54, 1.807) is 6.33 Å². The number of nitrogens with zero attached hydrogens (tertiary/aromatic N) is 6. The molecule has 3 N–H and O–H groups in total. The number of carboxylic acid groups (broad SMARTS) is 1. The minimum Gasteiger partial charge on any atom is -0.483 e. The predicted octanol–water partition coefficient (Wildman–Crippen LogP) is 0.630. The molecule has 10 heteroatoms. The van der Waals surface area contributed by atoms with Crippen molar-refractivity contribution in [3.63, 3.8) is 0 Å². The summed E-state index contributed by atoms with van der Waals surface area (Å²) in [4.78, 5) is 10.3. The molecule has 2 aromatic heterocycles. The van der Waals surface area contributed by atoms with Crippen LogP contribution in [0.4, 0.5) is 10.3 Å². The van der Waals surface area contributed by atoms with Crippen LogP contribution in [0.1, 0.15) is 25.7 Å². The number of rotatable bonds is 4. The summed E-state index contributed by atoms with van der Waals surface area (Å²) < 4.78 is 2.03. The molecular weight excluding hydrogens is 282 g/mol. The second-order valence-corrected chi connectivity index (χ2v) is 5.12. The standard InChI is InChI=1S/C9H15N7S.CH2O2/c1-6(2)16-5-11-12-7(16)4-15(3)9-14-13-8(10)17-9;2-1-3/h5-6H,4H2,1-3H3,(H2,10,13);1H,(H,2,3). The van der Waals surface area contributed by atoms with Gasteiger partial charge in [-0.15, -0.1) is 20.4 Å². The molecule has 110 valence electrons. The molecule has 0 aliphatic carbocycles. The molecule has 0 saturated heterocycles. The van der Waals surface area contributed by atoms with Gasteiger partial charge in [0.2, 0.25) is 10.3 Å². The van der Waals surface area contributed by atoms with Crippen molar-refractivity contribution in [2.45, 2.75) is 26.4 Å². The number of hydrogen-bond donors (Lipinski definition) is 2. The largest absolute Gasteiger partial charge is 0.483 e. The van der Waals surface area contributed by atoms with Gasteiger partial charge in [0.05, 0.1) is 6.54 Å². The summed E-state index contributed by atoms with van der Waals surface area (Å²) >= 11 is 1.36. The average molecular weight is 299 g/mol. The van der Waals surface area contributed by atoms with Crippen LogP contribution in [0.5, 0.6) is 0 Å². The van der Waals surface area contributed by atoms with Crippen molar-refractivity contribution in [3.05, 3.63) is 12.2 Å². The van der Waals surface area contributed by atoms with E-state index in [0.717, 1.165) is 11.0 Å². The van der Waals surface area contributed by atoms with Crippen LogP contribution >= 0.6 is 11.3 Å². The molecule has 0 aromatic carbocycles. The van der Waals surface area contributed by atoms with Crippen molar-refractivity contribution in [2.24, 2.45) is 0 Å². The first-order valence-corrected chi connectivity index (χ1v) is 6.57. The van der Waals surface area contributed by atoms with Crippen molar-refractivity contribution < 1.29 is 9.90 Å². The Balaban J connectivity index is 0.000000612. The summed E-state index contributed by atoms with van der Waals surface area (Å²) in [5.74, 6) is 0.899. The summed E-state index contributed by atoms with van der Waals surface area (Å²) in [5, 5.41) is 23.9. The zero-order valence-corrected chi connectivity index (χ0v) is 12.3. The number of nitrogen functional groups attached to an aromatic ring is 1. The Labute approximate surface area is 120 Å². The third-order valence-electron chi connectivity index (χ3n) is 2.34. The molecule has 2 aromatic rings. The molecule has 9 nitrogen and oxygen atoms in total. The molecule has 0 unspecified atom stereocenters. The zero-order valence-electron chi connectivity index (χ0n) is 11.5. The summed E-state index contributed by atoms with van der Waals surface area (Å²) in [6.07, 6.45) is 1.74. The fourth-order valence-electron chi connectivity index (χ4n) is 1.47. The van der Waals surface area contributed by atoms with Crippen LogP contribution in [0, 0.1) is 0 Å². The highest BCUT2D eigenvalue weighted by molar-refractivity contribution is 7.18. The number of nitrogens with two attached hydrogens (primary N) is 1.